The lowest BCUT2D eigenvalue weighted by Crippen LogP contribution is -3.00. The van der Waals surface area contributed by atoms with E-state index in [1.165, 1.54) is 125 Å². The molecule has 0 aliphatic heterocycles. The molecule has 29 heavy (non-hydrogen) atoms. The van der Waals surface area contributed by atoms with E-state index in [1.807, 2.05) is 0 Å². The SMILES string of the molecule is CCCCCCCCCCCCCC[N+](CCC)(CCC)c1ccc(C)cc1.[Cl-]. The van der Waals surface area contributed by atoms with Crippen molar-refractivity contribution in [3.8, 4) is 0 Å². The third-order valence-electron chi connectivity index (χ3n) is 6.32. The Morgan fingerprint density at radius 2 is 0.931 bits per heavy atom. The number of halogens is 1. The molecule has 1 aromatic rings. The molecule has 0 heterocycles. The minimum absolute atomic E-state index is 0. The first-order chi connectivity index (χ1) is 13.7. The van der Waals surface area contributed by atoms with E-state index in [4.69, 9.17) is 0 Å². The van der Waals surface area contributed by atoms with Crippen molar-refractivity contribution < 1.29 is 12.4 Å². The average Bonchev–Trinajstić information content (AvgIpc) is 2.69. The molecule has 0 fully saturated rings. The van der Waals surface area contributed by atoms with Crippen molar-refractivity contribution in [1.82, 2.24) is 4.48 Å². The Balaban J connectivity index is 0.00000784. The number of quaternary nitrogens is 1. The Hall–Kier alpha value is -0.530. The van der Waals surface area contributed by atoms with Gasteiger partial charge in [0.2, 0.25) is 0 Å². The Morgan fingerprint density at radius 1 is 0.517 bits per heavy atom. The molecule has 1 nitrogen and oxygen atoms in total. The van der Waals surface area contributed by atoms with Crippen molar-refractivity contribution in [2.75, 3.05) is 19.6 Å². The molecule has 0 atom stereocenters. The Labute approximate surface area is 189 Å². The van der Waals surface area contributed by atoms with Gasteiger partial charge >= 0.3 is 0 Å². The van der Waals surface area contributed by atoms with Gasteiger partial charge in [-0.2, -0.15) is 0 Å². The van der Waals surface area contributed by atoms with Crippen molar-refractivity contribution >= 4 is 5.69 Å². The van der Waals surface area contributed by atoms with Crippen molar-refractivity contribution in [3.05, 3.63) is 29.8 Å². The van der Waals surface area contributed by atoms with Crippen LogP contribution < -0.4 is 16.9 Å². The molecule has 0 aromatic heterocycles. The number of benzene rings is 1. The van der Waals surface area contributed by atoms with Gasteiger partial charge in [0.1, 0.15) is 5.69 Å². The molecule has 0 aliphatic rings. The summed E-state index contributed by atoms with van der Waals surface area (Å²) in [6, 6.07) is 9.38. The zero-order chi connectivity index (χ0) is 20.5. The number of hydrogen-bond donors (Lipinski definition) is 0. The summed E-state index contributed by atoms with van der Waals surface area (Å²) in [5.74, 6) is 0. The molecule has 0 aliphatic carbocycles. The van der Waals surface area contributed by atoms with E-state index in [-0.39, 0.29) is 12.4 Å². The van der Waals surface area contributed by atoms with Crippen molar-refractivity contribution in [2.45, 2.75) is 118 Å². The quantitative estimate of drug-likeness (QED) is 0.206. The van der Waals surface area contributed by atoms with Crippen LogP contribution in [0, 0.1) is 6.92 Å². The van der Waals surface area contributed by atoms with Crippen LogP contribution in [-0.2, 0) is 0 Å². The van der Waals surface area contributed by atoms with Gasteiger partial charge in [-0.25, -0.2) is 0 Å². The molecular weight excluding hydrogens is 374 g/mol. The van der Waals surface area contributed by atoms with Crippen LogP contribution in [0.5, 0.6) is 0 Å². The second kappa shape index (κ2) is 18.3. The lowest BCUT2D eigenvalue weighted by atomic mass is 10.0. The molecule has 0 saturated carbocycles. The third-order valence-corrected chi connectivity index (χ3v) is 6.32. The molecule has 1 aromatic carbocycles. The largest absolute Gasteiger partial charge is 1.00 e. The van der Waals surface area contributed by atoms with Crippen LogP contribution in [0.15, 0.2) is 24.3 Å². The highest BCUT2D eigenvalue weighted by Crippen LogP contribution is 2.26. The zero-order valence-corrected chi connectivity index (χ0v) is 20.9. The fraction of sp³-hybridized carbons (Fsp3) is 0.778. The van der Waals surface area contributed by atoms with Crippen LogP contribution in [0.3, 0.4) is 0 Å². The summed E-state index contributed by atoms with van der Waals surface area (Å²) >= 11 is 0. The van der Waals surface area contributed by atoms with E-state index < -0.39 is 0 Å². The predicted octanol–water partition coefficient (Wildman–Crippen LogP) is 5.83. The smallest absolute Gasteiger partial charge is 0.132 e. The molecule has 0 bridgehead atoms. The number of aryl methyl sites for hydroxylation is 1. The molecule has 0 N–H and O–H groups in total. The third kappa shape index (κ3) is 12.0. The van der Waals surface area contributed by atoms with Gasteiger partial charge < -0.3 is 12.4 Å². The highest BCUT2D eigenvalue weighted by atomic mass is 35.5. The number of rotatable bonds is 18. The summed E-state index contributed by atoms with van der Waals surface area (Å²) in [7, 11) is 0. The summed E-state index contributed by atoms with van der Waals surface area (Å²) in [6.07, 6.45) is 19.8. The molecule has 0 spiro atoms. The first-order valence-electron chi connectivity index (χ1n) is 12.6. The summed E-state index contributed by atoms with van der Waals surface area (Å²) in [4.78, 5) is 0. The van der Waals surface area contributed by atoms with Crippen LogP contribution in [-0.4, -0.2) is 19.6 Å². The number of unbranched alkanes of at least 4 members (excludes halogenated alkanes) is 11. The van der Waals surface area contributed by atoms with Gasteiger partial charge in [-0.1, -0.05) is 103 Å². The van der Waals surface area contributed by atoms with Gasteiger partial charge in [-0.05, 0) is 44.7 Å². The maximum atomic E-state index is 2.39. The first-order valence-corrected chi connectivity index (χ1v) is 12.6. The minimum atomic E-state index is 0. The monoisotopic (exact) mass is 423 g/mol. The lowest BCUT2D eigenvalue weighted by molar-refractivity contribution is -0.00000628. The number of hydrogen-bond acceptors (Lipinski definition) is 0. The Morgan fingerprint density at radius 3 is 1.34 bits per heavy atom. The Bertz CT molecular complexity index is 462. The standard InChI is InChI=1S/C27H50N.ClH/c1-5-8-9-10-11-12-13-14-15-16-17-18-25-28(23-6-2,24-7-3)27-21-19-26(4)20-22-27;/h19-22H,5-18,23-25H2,1-4H3;1H/q+1;/p-1. The van der Waals surface area contributed by atoms with E-state index in [0.717, 1.165) is 0 Å². The van der Waals surface area contributed by atoms with Crippen LogP contribution >= 0.6 is 0 Å². The maximum Gasteiger partial charge on any atom is 0.132 e. The van der Waals surface area contributed by atoms with Crippen LogP contribution in [0.1, 0.15) is 116 Å². The molecule has 1 rings (SSSR count). The van der Waals surface area contributed by atoms with E-state index in [9.17, 15) is 0 Å². The van der Waals surface area contributed by atoms with E-state index in [1.54, 1.807) is 0 Å². The molecule has 0 amide bonds. The molecular formula is C27H50ClN. The second-order valence-electron chi connectivity index (χ2n) is 9.04. The van der Waals surface area contributed by atoms with Crippen molar-refractivity contribution in [1.29, 1.82) is 0 Å². The second-order valence-corrected chi connectivity index (χ2v) is 9.04. The fourth-order valence-corrected chi connectivity index (χ4v) is 4.70. The highest BCUT2D eigenvalue weighted by molar-refractivity contribution is 5.44. The average molecular weight is 424 g/mol. The highest BCUT2D eigenvalue weighted by Gasteiger charge is 2.27. The normalized spacial score (nSPS) is 11.4. The van der Waals surface area contributed by atoms with E-state index in [2.05, 4.69) is 52.0 Å². The summed E-state index contributed by atoms with van der Waals surface area (Å²) < 4.78 is 1.20. The van der Waals surface area contributed by atoms with Gasteiger partial charge in [0.25, 0.3) is 0 Å². The predicted molar refractivity (Wildman–Crippen MR) is 129 cm³/mol. The van der Waals surface area contributed by atoms with Crippen molar-refractivity contribution in [3.63, 3.8) is 0 Å². The summed E-state index contributed by atoms with van der Waals surface area (Å²) in [5.41, 5.74) is 2.91. The first kappa shape index (κ1) is 28.5. The van der Waals surface area contributed by atoms with E-state index in [0.29, 0.717) is 0 Å². The molecule has 2 heteroatoms. The summed E-state index contributed by atoms with van der Waals surface area (Å²) in [6.45, 7) is 13.1. The topological polar surface area (TPSA) is 0 Å². The fourth-order valence-electron chi connectivity index (χ4n) is 4.70. The minimum Gasteiger partial charge on any atom is -1.00 e. The van der Waals surface area contributed by atoms with Gasteiger partial charge in [0.05, 0.1) is 19.6 Å². The summed E-state index contributed by atoms with van der Waals surface area (Å²) in [5, 5.41) is 0. The van der Waals surface area contributed by atoms with Crippen LogP contribution in [0.4, 0.5) is 5.69 Å². The van der Waals surface area contributed by atoms with Gasteiger partial charge in [-0.3, -0.25) is 4.48 Å². The Kier molecular flexibility index (Phi) is 17.9. The molecule has 170 valence electrons. The van der Waals surface area contributed by atoms with Gasteiger partial charge in [0, 0.05) is 0 Å². The number of nitrogens with zero attached hydrogens (tertiary/aromatic N) is 1. The van der Waals surface area contributed by atoms with Crippen molar-refractivity contribution in [2.24, 2.45) is 0 Å². The molecule has 0 saturated heterocycles. The van der Waals surface area contributed by atoms with Crippen LogP contribution in [0.25, 0.3) is 0 Å². The van der Waals surface area contributed by atoms with E-state index >= 15 is 0 Å². The zero-order valence-electron chi connectivity index (χ0n) is 20.2. The van der Waals surface area contributed by atoms with Gasteiger partial charge in [-0.15, -0.1) is 0 Å². The molecule has 0 unspecified atom stereocenters. The maximum absolute atomic E-state index is 2.39. The molecule has 0 radical (unpaired) electrons. The van der Waals surface area contributed by atoms with Gasteiger partial charge in [0.15, 0.2) is 0 Å². The lowest BCUT2D eigenvalue weighted by Gasteiger charge is -2.38. The van der Waals surface area contributed by atoms with Crippen LogP contribution in [0.2, 0.25) is 0 Å².